The highest BCUT2D eigenvalue weighted by Gasteiger charge is 2.24. The summed E-state index contributed by atoms with van der Waals surface area (Å²) in [5.74, 6) is 1.89. The highest BCUT2D eigenvalue weighted by Crippen LogP contribution is 2.36. The van der Waals surface area contributed by atoms with E-state index in [9.17, 15) is 13.6 Å². The molecule has 4 rings (SSSR count). The second-order valence-electron chi connectivity index (χ2n) is 7.46. The van der Waals surface area contributed by atoms with E-state index in [-0.39, 0.29) is 0 Å². The van der Waals surface area contributed by atoms with Crippen molar-refractivity contribution in [2.75, 3.05) is 18.0 Å². The van der Waals surface area contributed by atoms with Gasteiger partial charge in [0.15, 0.2) is 0 Å². The molecule has 0 amide bonds. The Labute approximate surface area is 156 Å². The Morgan fingerprint density at radius 1 is 1.07 bits per heavy atom. The van der Waals surface area contributed by atoms with Crippen LogP contribution in [0.3, 0.4) is 0 Å². The molecule has 3 heterocycles. The Morgan fingerprint density at radius 2 is 1.85 bits per heavy atom. The molecule has 27 heavy (non-hydrogen) atoms. The maximum absolute atomic E-state index is 12.6. The molecule has 0 radical (unpaired) electrons. The number of aromatic nitrogens is 4. The quantitative estimate of drug-likeness (QED) is 0.803. The van der Waals surface area contributed by atoms with Crippen molar-refractivity contribution < 1.29 is 8.78 Å². The van der Waals surface area contributed by atoms with Gasteiger partial charge in [0.05, 0.1) is 6.33 Å². The van der Waals surface area contributed by atoms with E-state index in [1.807, 2.05) is 0 Å². The number of hydrogen-bond acceptors (Lipinski definition) is 5. The Kier molecular flexibility index (Phi) is 5.13. The summed E-state index contributed by atoms with van der Waals surface area (Å²) in [6.45, 7) is 2.24. The number of rotatable bonds is 5. The number of halogens is 2. The fraction of sp³-hybridized carbons (Fsp3) is 0.579. The molecule has 6 nitrogen and oxygen atoms in total. The van der Waals surface area contributed by atoms with Crippen LogP contribution in [0.1, 0.15) is 55.8 Å². The average Bonchev–Trinajstić information content (AvgIpc) is 2.63. The summed E-state index contributed by atoms with van der Waals surface area (Å²) in [6, 6.07) is 3.05. The zero-order valence-corrected chi connectivity index (χ0v) is 15.1. The standard InChI is InChI=1S/C19H23F2N5O/c20-19(21)16-9-18(27)26(12-24-16)10-13-4-6-25(7-5-13)17-8-15(22-11-23-17)14-2-1-3-14/h8-9,11-14,19H,1-7,10H2. The van der Waals surface area contributed by atoms with Gasteiger partial charge in [-0.05, 0) is 31.6 Å². The second-order valence-corrected chi connectivity index (χ2v) is 7.46. The third-order valence-electron chi connectivity index (χ3n) is 5.71. The third kappa shape index (κ3) is 3.99. The Bertz CT molecular complexity index is 844. The SMILES string of the molecule is O=c1cc(C(F)F)ncn1CC1CCN(c2cc(C3CCC3)ncn2)CC1. The van der Waals surface area contributed by atoms with Gasteiger partial charge in [0.2, 0.25) is 0 Å². The van der Waals surface area contributed by atoms with Gasteiger partial charge in [-0.2, -0.15) is 0 Å². The molecule has 0 atom stereocenters. The van der Waals surface area contributed by atoms with E-state index in [0.29, 0.717) is 18.4 Å². The molecule has 1 aliphatic heterocycles. The second kappa shape index (κ2) is 7.70. The molecule has 1 aliphatic carbocycles. The summed E-state index contributed by atoms with van der Waals surface area (Å²) in [4.78, 5) is 26.8. The van der Waals surface area contributed by atoms with Gasteiger partial charge in [0.1, 0.15) is 17.8 Å². The van der Waals surface area contributed by atoms with Crippen molar-refractivity contribution in [1.29, 1.82) is 0 Å². The van der Waals surface area contributed by atoms with Gasteiger partial charge in [-0.15, -0.1) is 0 Å². The van der Waals surface area contributed by atoms with Gasteiger partial charge in [-0.25, -0.2) is 23.7 Å². The predicted octanol–water partition coefficient (Wildman–Crippen LogP) is 3.16. The molecule has 0 bridgehead atoms. The zero-order valence-electron chi connectivity index (χ0n) is 15.1. The van der Waals surface area contributed by atoms with E-state index in [0.717, 1.165) is 43.5 Å². The molecular weight excluding hydrogens is 352 g/mol. The van der Waals surface area contributed by atoms with E-state index in [2.05, 4.69) is 25.9 Å². The number of anilines is 1. The monoisotopic (exact) mass is 375 g/mol. The third-order valence-corrected chi connectivity index (χ3v) is 5.71. The fourth-order valence-corrected chi connectivity index (χ4v) is 3.78. The molecule has 1 saturated heterocycles. The normalized spacial score (nSPS) is 18.7. The number of hydrogen-bond donors (Lipinski definition) is 0. The van der Waals surface area contributed by atoms with Crippen molar-refractivity contribution >= 4 is 5.82 Å². The molecule has 8 heteroatoms. The minimum absolute atomic E-state index is 0.325. The molecule has 1 saturated carbocycles. The highest BCUT2D eigenvalue weighted by molar-refractivity contribution is 5.40. The minimum Gasteiger partial charge on any atom is -0.356 e. The van der Waals surface area contributed by atoms with Crippen LogP contribution in [0.2, 0.25) is 0 Å². The lowest BCUT2D eigenvalue weighted by molar-refractivity contribution is 0.145. The topological polar surface area (TPSA) is 63.9 Å². The molecule has 0 N–H and O–H groups in total. The van der Waals surface area contributed by atoms with Crippen LogP contribution in [-0.4, -0.2) is 32.6 Å². The molecule has 2 fully saturated rings. The summed E-state index contributed by atoms with van der Waals surface area (Å²) < 4.78 is 26.7. The summed E-state index contributed by atoms with van der Waals surface area (Å²) in [5, 5.41) is 0. The summed E-state index contributed by atoms with van der Waals surface area (Å²) in [5.41, 5.74) is 0.269. The molecule has 0 unspecified atom stereocenters. The summed E-state index contributed by atoms with van der Waals surface area (Å²) in [6.07, 6.45) is 5.74. The first-order chi connectivity index (χ1) is 13.1. The first-order valence-corrected chi connectivity index (χ1v) is 9.51. The lowest BCUT2D eigenvalue weighted by Gasteiger charge is -2.33. The zero-order chi connectivity index (χ0) is 18.8. The van der Waals surface area contributed by atoms with Crippen LogP contribution in [0, 0.1) is 5.92 Å². The Morgan fingerprint density at radius 3 is 2.48 bits per heavy atom. The Balaban J connectivity index is 1.36. The number of alkyl halides is 2. The lowest BCUT2D eigenvalue weighted by Crippen LogP contribution is -2.37. The van der Waals surface area contributed by atoms with Crippen LogP contribution >= 0.6 is 0 Å². The maximum Gasteiger partial charge on any atom is 0.280 e. The van der Waals surface area contributed by atoms with Crippen molar-refractivity contribution in [3.8, 4) is 0 Å². The largest absolute Gasteiger partial charge is 0.356 e. The molecule has 2 aromatic heterocycles. The van der Waals surface area contributed by atoms with Gasteiger partial charge >= 0.3 is 0 Å². The van der Waals surface area contributed by atoms with Crippen molar-refractivity contribution in [1.82, 2.24) is 19.5 Å². The van der Waals surface area contributed by atoms with Crippen LogP contribution < -0.4 is 10.5 Å². The lowest BCUT2D eigenvalue weighted by atomic mass is 9.83. The van der Waals surface area contributed by atoms with Gasteiger partial charge in [-0.1, -0.05) is 6.42 Å². The van der Waals surface area contributed by atoms with Crippen LogP contribution in [0.5, 0.6) is 0 Å². The van der Waals surface area contributed by atoms with Crippen molar-refractivity contribution in [2.45, 2.75) is 51.0 Å². The molecule has 0 aromatic carbocycles. The van der Waals surface area contributed by atoms with E-state index < -0.39 is 17.7 Å². The summed E-state index contributed by atoms with van der Waals surface area (Å²) in [7, 11) is 0. The van der Waals surface area contributed by atoms with Crippen molar-refractivity contribution in [3.05, 3.63) is 46.5 Å². The van der Waals surface area contributed by atoms with Crippen LogP contribution in [-0.2, 0) is 6.54 Å². The van der Waals surface area contributed by atoms with Gasteiger partial charge < -0.3 is 4.90 Å². The number of piperidine rings is 1. The minimum atomic E-state index is -2.71. The molecule has 144 valence electrons. The van der Waals surface area contributed by atoms with Crippen LogP contribution in [0.25, 0.3) is 0 Å². The molecule has 2 aliphatic rings. The Hall–Kier alpha value is -2.38. The van der Waals surface area contributed by atoms with Crippen LogP contribution in [0.15, 0.2) is 29.6 Å². The first kappa shape index (κ1) is 18.0. The van der Waals surface area contributed by atoms with E-state index in [4.69, 9.17) is 0 Å². The fourth-order valence-electron chi connectivity index (χ4n) is 3.78. The average molecular weight is 375 g/mol. The van der Waals surface area contributed by atoms with E-state index >= 15 is 0 Å². The van der Waals surface area contributed by atoms with Crippen LogP contribution in [0.4, 0.5) is 14.6 Å². The van der Waals surface area contributed by atoms with Crippen molar-refractivity contribution in [3.63, 3.8) is 0 Å². The van der Waals surface area contributed by atoms with E-state index in [1.54, 1.807) is 6.33 Å². The highest BCUT2D eigenvalue weighted by atomic mass is 19.3. The smallest absolute Gasteiger partial charge is 0.280 e. The number of nitrogens with zero attached hydrogens (tertiary/aromatic N) is 5. The molecular formula is C19H23F2N5O. The van der Waals surface area contributed by atoms with Gasteiger partial charge in [-0.3, -0.25) is 9.36 Å². The predicted molar refractivity (Wildman–Crippen MR) is 97.0 cm³/mol. The van der Waals surface area contributed by atoms with Gasteiger partial charge in [0.25, 0.3) is 12.0 Å². The maximum atomic E-state index is 12.6. The van der Waals surface area contributed by atoms with Gasteiger partial charge in [0, 0.05) is 43.4 Å². The van der Waals surface area contributed by atoms with Crippen molar-refractivity contribution in [2.24, 2.45) is 5.92 Å². The first-order valence-electron chi connectivity index (χ1n) is 9.51. The molecule has 2 aromatic rings. The molecule has 0 spiro atoms. The van der Waals surface area contributed by atoms with E-state index in [1.165, 1.54) is 30.2 Å². The summed E-state index contributed by atoms with van der Waals surface area (Å²) >= 11 is 0.